The van der Waals surface area contributed by atoms with Crippen LogP contribution < -0.4 is 15.5 Å². The molecule has 2 heterocycles. The number of nitrogens with zero attached hydrogens (tertiary/aromatic N) is 2. The Balaban J connectivity index is 1.77. The highest BCUT2D eigenvalue weighted by molar-refractivity contribution is 6.09. The Hall–Kier alpha value is -3.41. The number of carbonyl (C=O) groups excluding carboxylic acids is 2. The molecule has 6 nitrogen and oxygen atoms in total. The average Bonchev–Trinajstić information content (AvgIpc) is 2.73. The predicted molar refractivity (Wildman–Crippen MR) is 123 cm³/mol. The molecule has 31 heavy (non-hydrogen) atoms. The van der Waals surface area contributed by atoms with Crippen molar-refractivity contribution in [2.24, 2.45) is 0 Å². The van der Waals surface area contributed by atoms with E-state index in [0.29, 0.717) is 17.8 Å². The maximum absolute atomic E-state index is 13.4. The average molecular weight is 417 g/mol. The number of hydrogen-bond donors (Lipinski definition) is 2. The van der Waals surface area contributed by atoms with Crippen LogP contribution in [0.25, 0.3) is 0 Å². The van der Waals surface area contributed by atoms with Gasteiger partial charge in [-0.2, -0.15) is 0 Å². The lowest BCUT2D eigenvalue weighted by Gasteiger charge is -2.34. The van der Waals surface area contributed by atoms with E-state index in [1.165, 1.54) is 0 Å². The summed E-state index contributed by atoms with van der Waals surface area (Å²) < 4.78 is 0. The molecule has 0 saturated carbocycles. The van der Waals surface area contributed by atoms with Gasteiger partial charge in [0.15, 0.2) is 5.78 Å². The molecule has 0 unspecified atom stereocenters. The van der Waals surface area contributed by atoms with E-state index >= 15 is 0 Å². The Morgan fingerprint density at radius 3 is 2.55 bits per heavy atom. The lowest BCUT2D eigenvalue weighted by Crippen LogP contribution is -2.35. The Kier molecular flexibility index (Phi) is 5.63. The SMILES string of the molecule is CC1=C(C(=O)Nc2cc(C)ccn2)[C@H](c2ccc(N(C)C)cc2)C2=C(CCCC2=O)N1. The van der Waals surface area contributed by atoms with Gasteiger partial charge in [0.1, 0.15) is 5.82 Å². The van der Waals surface area contributed by atoms with Crippen molar-refractivity contribution in [3.63, 3.8) is 0 Å². The van der Waals surface area contributed by atoms with Crippen molar-refractivity contribution in [2.45, 2.75) is 39.0 Å². The minimum Gasteiger partial charge on any atom is -0.378 e. The molecule has 0 fully saturated rings. The van der Waals surface area contributed by atoms with Gasteiger partial charge in [0.2, 0.25) is 0 Å². The zero-order valence-corrected chi connectivity index (χ0v) is 18.5. The van der Waals surface area contributed by atoms with Crippen molar-refractivity contribution in [2.75, 3.05) is 24.3 Å². The molecule has 160 valence electrons. The van der Waals surface area contributed by atoms with Gasteiger partial charge in [0.05, 0.1) is 0 Å². The van der Waals surface area contributed by atoms with Gasteiger partial charge in [0, 0.05) is 60.9 Å². The van der Waals surface area contributed by atoms with E-state index in [0.717, 1.165) is 46.6 Å². The standard InChI is InChI=1S/C25H28N4O2/c1-15-12-13-26-21(14-15)28-25(31)22-16(2)27-19-6-5-7-20(30)24(19)23(22)17-8-10-18(11-9-17)29(3)4/h8-14,23,27H,5-7H2,1-4H3,(H,26,28,31)/t23-/m0/s1. The Morgan fingerprint density at radius 1 is 1.13 bits per heavy atom. The molecule has 1 atom stereocenters. The van der Waals surface area contributed by atoms with Gasteiger partial charge in [-0.15, -0.1) is 0 Å². The number of amides is 1. The monoisotopic (exact) mass is 416 g/mol. The number of rotatable bonds is 4. The summed E-state index contributed by atoms with van der Waals surface area (Å²) >= 11 is 0. The number of ketones is 1. The van der Waals surface area contributed by atoms with Gasteiger partial charge in [-0.3, -0.25) is 9.59 Å². The fourth-order valence-corrected chi connectivity index (χ4v) is 4.37. The third-order valence-corrected chi connectivity index (χ3v) is 5.92. The second kappa shape index (κ2) is 8.38. The summed E-state index contributed by atoms with van der Waals surface area (Å²) in [5.41, 5.74) is 6.03. The molecule has 0 radical (unpaired) electrons. The predicted octanol–water partition coefficient (Wildman–Crippen LogP) is 4.06. The second-order valence-corrected chi connectivity index (χ2v) is 8.42. The third kappa shape index (κ3) is 4.10. The van der Waals surface area contributed by atoms with Crippen LogP contribution in [-0.2, 0) is 9.59 Å². The minimum absolute atomic E-state index is 0.113. The van der Waals surface area contributed by atoms with E-state index in [1.54, 1.807) is 6.20 Å². The molecule has 1 aliphatic carbocycles. The van der Waals surface area contributed by atoms with Crippen molar-refractivity contribution in [1.29, 1.82) is 0 Å². The number of anilines is 2. The van der Waals surface area contributed by atoms with E-state index in [1.807, 2.05) is 69.2 Å². The molecule has 0 bridgehead atoms. The Morgan fingerprint density at radius 2 is 1.87 bits per heavy atom. The van der Waals surface area contributed by atoms with Gasteiger partial charge < -0.3 is 15.5 Å². The van der Waals surface area contributed by atoms with E-state index in [4.69, 9.17) is 0 Å². The zero-order valence-electron chi connectivity index (χ0n) is 18.5. The molecule has 6 heteroatoms. The first-order valence-corrected chi connectivity index (χ1v) is 10.6. The van der Waals surface area contributed by atoms with Gasteiger partial charge in [0.25, 0.3) is 5.91 Å². The van der Waals surface area contributed by atoms with E-state index in [9.17, 15) is 9.59 Å². The number of aromatic nitrogens is 1. The van der Waals surface area contributed by atoms with Crippen molar-refractivity contribution >= 4 is 23.2 Å². The van der Waals surface area contributed by atoms with Crippen LogP contribution in [0.15, 0.2) is 65.1 Å². The minimum atomic E-state index is -0.398. The van der Waals surface area contributed by atoms with Crippen molar-refractivity contribution in [1.82, 2.24) is 10.3 Å². The van der Waals surface area contributed by atoms with Crippen molar-refractivity contribution < 1.29 is 9.59 Å². The molecule has 1 aromatic carbocycles. The summed E-state index contributed by atoms with van der Waals surface area (Å²) in [5, 5.41) is 6.29. The van der Waals surface area contributed by atoms with E-state index in [-0.39, 0.29) is 11.7 Å². The van der Waals surface area contributed by atoms with Crippen LogP contribution in [0.5, 0.6) is 0 Å². The normalized spacial score (nSPS) is 18.5. The molecule has 0 spiro atoms. The zero-order chi connectivity index (χ0) is 22.1. The second-order valence-electron chi connectivity index (χ2n) is 8.42. The number of hydrogen-bond acceptors (Lipinski definition) is 5. The molecular formula is C25H28N4O2. The van der Waals surface area contributed by atoms with Crippen LogP contribution in [0.3, 0.4) is 0 Å². The molecule has 2 aromatic rings. The van der Waals surface area contributed by atoms with Crippen LogP contribution >= 0.6 is 0 Å². The van der Waals surface area contributed by atoms with Gasteiger partial charge in [-0.05, 0) is 62.1 Å². The highest BCUT2D eigenvalue weighted by Crippen LogP contribution is 2.42. The lowest BCUT2D eigenvalue weighted by molar-refractivity contribution is -0.116. The van der Waals surface area contributed by atoms with Crippen molar-refractivity contribution in [3.8, 4) is 0 Å². The fraction of sp³-hybridized carbons (Fsp3) is 0.320. The summed E-state index contributed by atoms with van der Waals surface area (Å²) in [6.07, 6.45) is 3.84. The Labute approximate surface area is 183 Å². The first-order chi connectivity index (χ1) is 14.8. The number of aryl methyl sites for hydroxylation is 1. The van der Waals surface area contributed by atoms with Gasteiger partial charge in [-0.25, -0.2) is 4.98 Å². The number of Topliss-reactive ketones (excluding diaryl/α,β-unsaturated/α-hetero) is 1. The summed E-state index contributed by atoms with van der Waals surface area (Å²) in [4.78, 5) is 32.7. The Bertz CT molecular complexity index is 1100. The lowest BCUT2D eigenvalue weighted by atomic mass is 9.75. The summed E-state index contributed by atoms with van der Waals surface area (Å²) in [7, 11) is 3.98. The summed E-state index contributed by atoms with van der Waals surface area (Å²) in [6.45, 7) is 3.86. The first kappa shape index (κ1) is 20.8. The molecule has 2 aliphatic rings. The highest BCUT2D eigenvalue weighted by Gasteiger charge is 2.38. The molecule has 1 aromatic heterocycles. The number of pyridine rings is 1. The number of carbonyl (C=O) groups is 2. The smallest absolute Gasteiger partial charge is 0.255 e. The van der Waals surface area contributed by atoms with Crippen LogP contribution in [0.4, 0.5) is 11.5 Å². The maximum Gasteiger partial charge on any atom is 0.255 e. The molecule has 0 saturated heterocycles. The third-order valence-electron chi connectivity index (χ3n) is 5.92. The van der Waals surface area contributed by atoms with Gasteiger partial charge in [-0.1, -0.05) is 12.1 Å². The molecular weight excluding hydrogens is 388 g/mol. The number of dihydropyridines is 1. The van der Waals surface area contributed by atoms with Crippen LogP contribution in [-0.4, -0.2) is 30.8 Å². The quantitative estimate of drug-likeness (QED) is 0.786. The molecule has 1 amide bonds. The molecule has 2 N–H and O–H groups in total. The van der Waals surface area contributed by atoms with Gasteiger partial charge >= 0.3 is 0 Å². The highest BCUT2D eigenvalue weighted by atomic mass is 16.2. The largest absolute Gasteiger partial charge is 0.378 e. The molecule has 4 rings (SSSR count). The topological polar surface area (TPSA) is 74.3 Å². The van der Waals surface area contributed by atoms with Crippen molar-refractivity contribution in [3.05, 3.63) is 76.3 Å². The van der Waals surface area contributed by atoms with E-state index in [2.05, 4.69) is 15.6 Å². The number of benzene rings is 1. The van der Waals surface area contributed by atoms with E-state index < -0.39 is 5.92 Å². The van der Waals surface area contributed by atoms with Crippen LogP contribution in [0, 0.1) is 6.92 Å². The number of nitrogens with one attached hydrogen (secondary N) is 2. The van der Waals surface area contributed by atoms with Crippen LogP contribution in [0.1, 0.15) is 43.2 Å². The number of allylic oxidation sites excluding steroid dienone is 3. The summed E-state index contributed by atoms with van der Waals surface area (Å²) in [6, 6.07) is 11.8. The maximum atomic E-state index is 13.4. The molecule has 1 aliphatic heterocycles. The first-order valence-electron chi connectivity index (χ1n) is 10.6. The summed E-state index contributed by atoms with van der Waals surface area (Å²) in [5.74, 6) is -0.0246. The fourth-order valence-electron chi connectivity index (χ4n) is 4.37. The van der Waals surface area contributed by atoms with Crippen LogP contribution in [0.2, 0.25) is 0 Å².